The number of benzene rings is 1. The number of hydrogen-bond acceptors (Lipinski definition) is 8. The van der Waals surface area contributed by atoms with Gasteiger partial charge in [0.2, 0.25) is 0 Å². The third kappa shape index (κ3) is 8.99. The maximum Gasteiger partial charge on any atom is 0.490 e. The maximum absolute atomic E-state index is 12.4. The zero-order valence-electron chi connectivity index (χ0n) is 17.3. The van der Waals surface area contributed by atoms with Gasteiger partial charge in [-0.2, -0.15) is 13.2 Å². The first-order valence-corrected chi connectivity index (χ1v) is 10.6. The summed E-state index contributed by atoms with van der Waals surface area (Å²) in [6.45, 7) is 0.112. The number of amides is 2. The van der Waals surface area contributed by atoms with Crippen molar-refractivity contribution in [3.05, 3.63) is 50.1 Å². The van der Waals surface area contributed by atoms with E-state index in [0.29, 0.717) is 9.35 Å². The fraction of sp³-hybridized carbons (Fsp3) is 0.263. The number of carboxylic acids is 1. The number of carboxylic acid groups (broad SMARTS) is 1. The number of esters is 1. The van der Waals surface area contributed by atoms with Crippen molar-refractivity contribution in [3.63, 3.8) is 0 Å². The Kier molecular flexibility index (Phi) is 11.0. The monoisotopic (exact) mass is 569 g/mol. The molecule has 2 rings (SSSR count). The van der Waals surface area contributed by atoms with Crippen molar-refractivity contribution in [2.45, 2.75) is 18.8 Å². The molecule has 0 radical (unpaired) electrons. The van der Waals surface area contributed by atoms with Gasteiger partial charge in [-0.05, 0) is 39.7 Å². The number of alkyl halides is 3. The SMILES string of the molecule is COC(=O)[C@H](CN)NC(=O)c1sc(C(=O)NCc2cccc(O)c2)cc1Br.O=C(O)C(F)(F)F. The molecule has 0 aliphatic carbocycles. The highest BCUT2D eigenvalue weighted by atomic mass is 79.9. The minimum absolute atomic E-state index is 0.111. The number of nitrogens with two attached hydrogens (primary N) is 1. The molecule has 0 saturated carbocycles. The fourth-order valence-corrected chi connectivity index (χ4v) is 3.82. The van der Waals surface area contributed by atoms with E-state index in [9.17, 15) is 32.7 Å². The summed E-state index contributed by atoms with van der Waals surface area (Å²) >= 11 is 4.22. The highest BCUT2D eigenvalue weighted by Crippen LogP contribution is 2.27. The first-order chi connectivity index (χ1) is 15.8. The van der Waals surface area contributed by atoms with Gasteiger partial charge in [0.1, 0.15) is 16.7 Å². The van der Waals surface area contributed by atoms with Crippen molar-refractivity contribution in [1.29, 1.82) is 0 Å². The average molecular weight is 570 g/mol. The van der Waals surface area contributed by atoms with Gasteiger partial charge in [0.15, 0.2) is 0 Å². The molecule has 1 aromatic carbocycles. The molecule has 0 unspecified atom stereocenters. The van der Waals surface area contributed by atoms with Gasteiger partial charge in [0.05, 0.1) is 12.0 Å². The molecule has 0 bridgehead atoms. The van der Waals surface area contributed by atoms with Crippen LogP contribution in [0.1, 0.15) is 24.9 Å². The lowest BCUT2D eigenvalue weighted by atomic mass is 10.2. The zero-order chi connectivity index (χ0) is 26.1. The van der Waals surface area contributed by atoms with Crippen LogP contribution in [-0.2, 0) is 20.9 Å². The quantitative estimate of drug-likeness (QED) is 0.315. The van der Waals surface area contributed by atoms with Gasteiger partial charge >= 0.3 is 18.1 Å². The molecule has 34 heavy (non-hydrogen) atoms. The predicted octanol–water partition coefficient (Wildman–Crippen LogP) is 2.01. The number of aromatic hydroxyl groups is 1. The Bertz CT molecular complexity index is 1050. The van der Waals surface area contributed by atoms with Gasteiger partial charge in [-0.3, -0.25) is 9.59 Å². The number of aliphatic carboxylic acids is 1. The van der Waals surface area contributed by atoms with Crippen LogP contribution >= 0.6 is 27.3 Å². The molecule has 2 aromatic rings. The number of carbonyl (C=O) groups excluding carboxylic acids is 3. The van der Waals surface area contributed by atoms with E-state index >= 15 is 0 Å². The molecule has 186 valence electrons. The number of phenolic OH excluding ortho intramolecular Hbond substituents is 1. The number of rotatable bonds is 7. The zero-order valence-corrected chi connectivity index (χ0v) is 19.7. The smallest absolute Gasteiger partial charge is 0.490 e. The Morgan fingerprint density at radius 2 is 1.82 bits per heavy atom. The van der Waals surface area contributed by atoms with Crippen molar-refractivity contribution in [3.8, 4) is 5.75 Å². The molecule has 0 aliphatic heterocycles. The molecule has 0 saturated heterocycles. The normalized spacial score (nSPS) is 11.5. The number of thiophene rings is 1. The molecule has 10 nitrogen and oxygen atoms in total. The van der Waals surface area contributed by atoms with Crippen molar-refractivity contribution >= 4 is 51.0 Å². The molecular weight excluding hydrogens is 551 g/mol. The summed E-state index contributed by atoms with van der Waals surface area (Å²) < 4.78 is 36.7. The molecule has 15 heteroatoms. The van der Waals surface area contributed by atoms with E-state index in [4.69, 9.17) is 15.6 Å². The lowest BCUT2D eigenvalue weighted by Gasteiger charge is -2.13. The first kappa shape index (κ1) is 28.9. The number of ether oxygens (including phenoxy) is 1. The summed E-state index contributed by atoms with van der Waals surface area (Å²) in [7, 11) is 1.20. The molecular formula is C19H19BrF3N3O7S. The third-order valence-electron chi connectivity index (χ3n) is 3.75. The number of hydrogen-bond donors (Lipinski definition) is 5. The van der Waals surface area contributed by atoms with Crippen molar-refractivity contribution < 1.29 is 47.3 Å². The maximum atomic E-state index is 12.4. The molecule has 2 amide bonds. The van der Waals surface area contributed by atoms with Gasteiger partial charge in [0.25, 0.3) is 11.8 Å². The number of methoxy groups -OCH3 is 1. The second kappa shape index (κ2) is 12.9. The van der Waals surface area contributed by atoms with E-state index in [0.717, 1.165) is 16.9 Å². The van der Waals surface area contributed by atoms with E-state index in [1.807, 2.05) is 0 Å². The Balaban J connectivity index is 0.000000718. The van der Waals surface area contributed by atoms with Gasteiger partial charge in [-0.25, -0.2) is 9.59 Å². The van der Waals surface area contributed by atoms with Gasteiger partial charge in [-0.1, -0.05) is 12.1 Å². The van der Waals surface area contributed by atoms with Crippen LogP contribution in [0, 0.1) is 0 Å². The Hall–Kier alpha value is -3.17. The van der Waals surface area contributed by atoms with E-state index in [1.165, 1.54) is 19.2 Å². The summed E-state index contributed by atoms with van der Waals surface area (Å²) in [4.78, 5) is 45.7. The van der Waals surface area contributed by atoms with E-state index in [-0.39, 0.29) is 29.6 Å². The van der Waals surface area contributed by atoms with Gasteiger partial charge in [0, 0.05) is 17.6 Å². The third-order valence-corrected chi connectivity index (χ3v) is 5.77. The minimum Gasteiger partial charge on any atom is -0.508 e. The summed E-state index contributed by atoms with van der Waals surface area (Å²) in [6, 6.07) is 7.07. The number of halogens is 4. The molecule has 6 N–H and O–H groups in total. The highest BCUT2D eigenvalue weighted by Gasteiger charge is 2.38. The lowest BCUT2D eigenvalue weighted by Crippen LogP contribution is -2.46. The van der Waals surface area contributed by atoms with Crippen LogP contribution < -0.4 is 16.4 Å². The van der Waals surface area contributed by atoms with Crippen LogP contribution in [0.4, 0.5) is 13.2 Å². The van der Waals surface area contributed by atoms with Crippen LogP contribution in [0.3, 0.4) is 0 Å². The van der Waals surface area contributed by atoms with Gasteiger partial charge in [-0.15, -0.1) is 11.3 Å². The summed E-state index contributed by atoms with van der Waals surface area (Å²) in [6.07, 6.45) is -5.08. The molecule has 1 aromatic heterocycles. The van der Waals surface area contributed by atoms with E-state index in [1.54, 1.807) is 18.2 Å². The van der Waals surface area contributed by atoms with Gasteiger partial charge < -0.3 is 31.3 Å². The van der Waals surface area contributed by atoms with Crippen LogP contribution in [-0.4, -0.2) is 59.8 Å². The number of carbonyl (C=O) groups is 4. The van der Waals surface area contributed by atoms with E-state index < -0.39 is 30.1 Å². The number of nitrogens with one attached hydrogen (secondary N) is 2. The molecule has 1 heterocycles. The second-order valence-corrected chi connectivity index (χ2v) is 8.13. The molecule has 0 aliphatic rings. The first-order valence-electron chi connectivity index (χ1n) is 9.04. The Labute approximate surface area is 203 Å². The molecule has 0 spiro atoms. The van der Waals surface area contributed by atoms with Crippen LogP contribution in [0.15, 0.2) is 34.8 Å². The summed E-state index contributed by atoms with van der Waals surface area (Å²) in [5, 5.41) is 21.8. The summed E-state index contributed by atoms with van der Waals surface area (Å²) in [5.41, 5.74) is 6.20. The standard InChI is InChI=1S/C17H18BrN3O5S.C2HF3O2/c1-26-17(25)12(7-19)21-16(24)14-11(18)6-13(27-14)15(23)20-8-9-3-2-4-10(22)5-9;3-2(4,5)1(6)7/h2-6,12,22H,7-8,19H2,1H3,(H,20,23)(H,21,24);(H,6,7)/t12-;/m0./s1. The van der Waals surface area contributed by atoms with Crippen molar-refractivity contribution in [1.82, 2.24) is 10.6 Å². The lowest BCUT2D eigenvalue weighted by molar-refractivity contribution is -0.192. The topological polar surface area (TPSA) is 168 Å². The summed E-state index contributed by atoms with van der Waals surface area (Å²) in [5.74, 6) is -4.21. The van der Waals surface area contributed by atoms with Crippen molar-refractivity contribution in [2.75, 3.05) is 13.7 Å². The number of phenols is 1. The van der Waals surface area contributed by atoms with E-state index in [2.05, 4.69) is 31.3 Å². The largest absolute Gasteiger partial charge is 0.508 e. The predicted molar refractivity (Wildman–Crippen MR) is 117 cm³/mol. The fourth-order valence-electron chi connectivity index (χ4n) is 2.15. The molecule has 1 atom stereocenters. The molecule has 0 fully saturated rings. The van der Waals surface area contributed by atoms with Crippen LogP contribution in [0.5, 0.6) is 5.75 Å². The Morgan fingerprint density at radius 1 is 1.21 bits per heavy atom. The van der Waals surface area contributed by atoms with Crippen molar-refractivity contribution in [2.24, 2.45) is 5.73 Å². The van der Waals surface area contributed by atoms with Crippen LogP contribution in [0.25, 0.3) is 0 Å². The average Bonchev–Trinajstić information content (AvgIpc) is 3.16. The minimum atomic E-state index is -5.08. The highest BCUT2D eigenvalue weighted by molar-refractivity contribution is 9.10. The van der Waals surface area contributed by atoms with Crippen LogP contribution in [0.2, 0.25) is 0 Å². The second-order valence-electron chi connectivity index (χ2n) is 6.23. The Morgan fingerprint density at radius 3 is 2.32 bits per heavy atom.